The van der Waals surface area contributed by atoms with Crippen LogP contribution in [0.1, 0.15) is 17.6 Å². The fraction of sp³-hybridized carbons (Fsp3) is 0.250. The van der Waals surface area contributed by atoms with Crippen LogP contribution in [0.25, 0.3) is 0 Å². The van der Waals surface area contributed by atoms with Gasteiger partial charge in [0.1, 0.15) is 0 Å². The van der Waals surface area contributed by atoms with E-state index in [2.05, 4.69) is 0 Å². The highest BCUT2D eigenvalue weighted by Crippen LogP contribution is 2.23. The predicted octanol–water partition coefficient (Wildman–Crippen LogP) is 1.29. The SMILES string of the molecule is N#CCc1c(C(F)F)cc([N+](=O)[O-])[nH]c1=O. The Hall–Kier alpha value is -2.30. The van der Waals surface area contributed by atoms with Crippen LogP contribution in [-0.4, -0.2) is 9.91 Å². The average molecular weight is 229 g/mol. The van der Waals surface area contributed by atoms with Crippen LogP contribution < -0.4 is 5.56 Å². The van der Waals surface area contributed by atoms with Crippen LogP contribution in [0.4, 0.5) is 14.6 Å². The normalized spacial score (nSPS) is 10.1. The number of nitriles is 1. The summed E-state index contributed by atoms with van der Waals surface area (Å²) in [6.07, 6.45) is -3.56. The zero-order valence-corrected chi connectivity index (χ0v) is 7.74. The van der Waals surface area contributed by atoms with Gasteiger partial charge in [-0.1, -0.05) is 0 Å². The van der Waals surface area contributed by atoms with Crippen molar-refractivity contribution >= 4 is 5.82 Å². The molecule has 0 aliphatic rings. The Bertz CT molecular complexity index is 518. The summed E-state index contributed by atoms with van der Waals surface area (Å²) < 4.78 is 25.0. The number of hydrogen-bond acceptors (Lipinski definition) is 4. The van der Waals surface area contributed by atoms with Gasteiger partial charge < -0.3 is 10.1 Å². The number of nitro groups is 1. The lowest BCUT2D eigenvalue weighted by molar-refractivity contribution is -0.389. The molecular formula is C8H5F2N3O3. The molecule has 1 heterocycles. The summed E-state index contributed by atoms with van der Waals surface area (Å²) in [6.45, 7) is 0. The minimum Gasteiger partial charge on any atom is -0.358 e. The molecule has 0 saturated carbocycles. The number of aromatic nitrogens is 1. The van der Waals surface area contributed by atoms with Crippen LogP contribution in [0, 0.1) is 21.4 Å². The first-order valence-corrected chi connectivity index (χ1v) is 4.03. The Labute approximate surface area is 87.3 Å². The maximum atomic E-state index is 12.5. The minimum absolute atomic E-state index is 0.442. The monoisotopic (exact) mass is 229 g/mol. The Morgan fingerprint density at radius 2 is 2.25 bits per heavy atom. The second-order valence-corrected chi connectivity index (χ2v) is 2.81. The zero-order chi connectivity index (χ0) is 12.3. The first-order valence-electron chi connectivity index (χ1n) is 4.03. The van der Waals surface area contributed by atoms with E-state index in [1.165, 1.54) is 0 Å². The number of aromatic amines is 1. The Balaban J connectivity index is 3.47. The van der Waals surface area contributed by atoms with Crippen molar-refractivity contribution in [2.45, 2.75) is 12.8 Å². The molecule has 1 aromatic heterocycles. The van der Waals surface area contributed by atoms with Gasteiger partial charge in [-0.2, -0.15) is 5.26 Å². The van der Waals surface area contributed by atoms with E-state index in [-0.39, 0.29) is 0 Å². The van der Waals surface area contributed by atoms with Crippen LogP contribution in [0.15, 0.2) is 10.9 Å². The summed E-state index contributed by atoms with van der Waals surface area (Å²) in [5.41, 5.74) is -2.26. The van der Waals surface area contributed by atoms with Crippen LogP contribution in [-0.2, 0) is 6.42 Å². The number of rotatable bonds is 3. The van der Waals surface area contributed by atoms with Crippen LogP contribution in [0.5, 0.6) is 0 Å². The number of pyridine rings is 1. The number of H-pyrrole nitrogens is 1. The second kappa shape index (κ2) is 4.48. The van der Waals surface area contributed by atoms with Gasteiger partial charge in [0.05, 0.1) is 18.1 Å². The van der Waals surface area contributed by atoms with Gasteiger partial charge in [0.25, 0.3) is 6.43 Å². The smallest absolute Gasteiger partial charge is 0.336 e. The molecular weight excluding hydrogens is 224 g/mol. The van der Waals surface area contributed by atoms with E-state index < -0.39 is 40.3 Å². The maximum Gasteiger partial charge on any atom is 0.336 e. The minimum atomic E-state index is -3.04. The molecule has 0 aliphatic heterocycles. The molecule has 16 heavy (non-hydrogen) atoms. The van der Waals surface area contributed by atoms with E-state index in [0.29, 0.717) is 6.07 Å². The quantitative estimate of drug-likeness (QED) is 0.623. The third-order valence-corrected chi connectivity index (χ3v) is 1.84. The topological polar surface area (TPSA) is 99.8 Å². The van der Waals surface area contributed by atoms with Crippen molar-refractivity contribution in [2.75, 3.05) is 0 Å². The fourth-order valence-electron chi connectivity index (χ4n) is 1.15. The molecule has 0 saturated heterocycles. The molecule has 0 aliphatic carbocycles. The third kappa shape index (κ3) is 2.20. The van der Waals surface area contributed by atoms with Crippen molar-refractivity contribution in [1.82, 2.24) is 4.98 Å². The first-order chi connectivity index (χ1) is 7.47. The van der Waals surface area contributed by atoms with E-state index in [0.717, 1.165) is 0 Å². The van der Waals surface area contributed by atoms with Gasteiger partial charge in [-0.05, 0) is 4.92 Å². The van der Waals surface area contributed by atoms with Gasteiger partial charge in [-0.3, -0.25) is 0 Å². The maximum absolute atomic E-state index is 12.5. The summed E-state index contributed by atoms with van der Waals surface area (Å²) in [5.74, 6) is -0.818. The molecule has 0 spiro atoms. The lowest BCUT2D eigenvalue weighted by Gasteiger charge is -2.03. The Morgan fingerprint density at radius 3 is 2.69 bits per heavy atom. The van der Waals surface area contributed by atoms with E-state index in [1.54, 1.807) is 6.07 Å². The lowest BCUT2D eigenvalue weighted by Crippen LogP contribution is -2.17. The molecule has 1 aromatic rings. The predicted molar refractivity (Wildman–Crippen MR) is 48.0 cm³/mol. The Kier molecular flexibility index (Phi) is 3.30. The van der Waals surface area contributed by atoms with Crippen molar-refractivity contribution in [1.29, 1.82) is 5.26 Å². The van der Waals surface area contributed by atoms with Gasteiger partial charge >= 0.3 is 11.4 Å². The summed E-state index contributed by atoms with van der Waals surface area (Å²) >= 11 is 0. The number of hydrogen-bond donors (Lipinski definition) is 1. The molecule has 0 amide bonds. The lowest BCUT2D eigenvalue weighted by atomic mass is 10.1. The highest BCUT2D eigenvalue weighted by molar-refractivity contribution is 5.35. The van der Waals surface area contributed by atoms with Crippen molar-refractivity contribution in [3.63, 3.8) is 0 Å². The largest absolute Gasteiger partial charge is 0.358 e. The summed E-state index contributed by atoms with van der Waals surface area (Å²) in [4.78, 5) is 22.4. The molecule has 8 heteroatoms. The summed E-state index contributed by atoms with van der Waals surface area (Å²) in [5, 5.41) is 18.7. The molecule has 0 radical (unpaired) electrons. The summed E-state index contributed by atoms with van der Waals surface area (Å²) in [7, 11) is 0. The highest BCUT2D eigenvalue weighted by Gasteiger charge is 2.21. The Morgan fingerprint density at radius 1 is 1.62 bits per heavy atom. The molecule has 0 unspecified atom stereocenters. The van der Waals surface area contributed by atoms with Gasteiger partial charge in [-0.15, -0.1) is 0 Å². The number of alkyl halides is 2. The van der Waals surface area contributed by atoms with E-state index >= 15 is 0 Å². The van der Waals surface area contributed by atoms with Crippen molar-refractivity contribution in [2.24, 2.45) is 0 Å². The third-order valence-electron chi connectivity index (χ3n) is 1.84. The standard InChI is InChI=1S/C8H5F2N3O3/c9-7(10)5-3-6(13(15)16)12-8(14)4(5)1-2-11/h3,7H,1H2,(H,12,14). The molecule has 0 aromatic carbocycles. The van der Waals surface area contributed by atoms with E-state index in [4.69, 9.17) is 5.26 Å². The van der Waals surface area contributed by atoms with Crippen LogP contribution in [0.2, 0.25) is 0 Å². The highest BCUT2D eigenvalue weighted by atomic mass is 19.3. The van der Waals surface area contributed by atoms with E-state index in [9.17, 15) is 23.7 Å². The second-order valence-electron chi connectivity index (χ2n) is 2.81. The van der Waals surface area contributed by atoms with Crippen molar-refractivity contribution in [3.05, 3.63) is 37.7 Å². The van der Waals surface area contributed by atoms with Gasteiger partial charge in [0.2, 0.25) is 0 Å². The number of nitrogens with one attached hydrogen (secondary N) is 1. The average Bonchev–Trinajstić information content (AvgIpc) is 2.20. The molecule has 0 fully saturated rings. The molecule has 84 valence electrons. The van der Waals surface area contributed by atoms with E-state index in [1.807, 2.05) is 4.98 Å². The van der Waals surface area contributed by atoms with Crippen LogP contribution in [0.3, 0.4) is 0 Å². The first kappa shape index (κ1) is 11.8. The zero-order valence-electron chi connectivity index (χ0n) is 7.74. The molecule has 0 atom stereocenters. The van der Waals surface area contributed by atoms with Crippen molar-refractivity contribution < 1.29 is 13.7 Å². The molecule has 6 nitrogen and oxygen atoms in total. The number of nitrogens with zero attached hydrogens (tertiary/aromatic N) is 2. The van der Waals surface area contributed by atoms with Gasteiger partial charge in [0, 0.05) is 11.6 Å². The fourth-order valence-corrected chi connectivity index (χ4v) is 1.15. The molecule has 1 rings (SSSR count). The molecule has 0 bridgehead atoms. The van der Waals surface area contributed by atoms with Crippen molar-refractivity contribution in [3.8, 4) is 6.07 Å². The van der Waals surface area contributed by atoms with Gasteiger partial charge in [-0.25, -0.2) is 18.6 Å². The number of halogens is 2. The van der Waals surface area contributed by atoms with Crippen LogP contribution >= 0.6 is 0 Å². The summed E-state index contributed by atoms with van der Waals surface area (Å²) in [6, 6.07) is 2.11. The molecule has 1 N–H and O–H groups in total. The van der Waals surface area contributed by atoms with Gasteiger partial charge in [0.15, 0.2) is 0 Å².